The fourth-order valence-corrected chi connectivity index (χ4v) is 3.85. The number of amides is 1. The molecule has 1 aromatic rings. The van der Waals surface area contributed by atoms with Gasteiger partial charge < -0.3 is 15.5 Å². The van der Waals surface area contributed by atoms with E-state index in [1.54, 1.807) is 11.9 Å². The summed E-state index contributed by atoms with van der Waals surface area (Å²) in [6.45, 7) is 5.22. The van der Waals surface area contributed by atoms with Crippen LogP contribution in [0.5, 0.6) is 0 Å². The molecule has 0 bridgehead atoms. The van der Waals surface area contributed by atoms with Gasteiger partial charge in [-0.1, -0.05) is 32.0 Å². The number of aliphatic imine (C=N–C) groups is 1. The molecule has 1 aliphatic rings. The van der Waals surface area contributed by atoms with Crippen LogP contribution in [0.25, 0.3) is 0 Å². The lowest BCUT2D eigenvalue weighted by Gasteiger charge is -2.26. The summed E-state index contributed by atoms with van der Waals surface area (Å²) in [4.78, 5) is 18.3. The number of hydrogen-bond acceptors (Lipinski definition) is 4. The van der Waals surface area contributed by atoms with E-state index in [0.717, 1.165) is 5.69 Å². The molecular weight excluding hydrogens is 364 g/mol. The van der Waals surface area contributed by atoms with Gasteiger partial charge in [0.2, 0.25) is 5.91 Å². The summed E-state index contributed by atoms with van der Waals surface area (Å²) < 4.78 is 22.8. The van der Waals surface area contributed by atoms with Crippen LogP contribution >= 0.6 is 0 Å². The van der Waals surface area contributed by atoms with Gasteiger partial charge in [0.15, 0.2) is 5.96 Å². The van der Waals surface area contributed by atoms with E-state index in [0.29, 0.717) is 31.9 Å². The number of guanidine groups is 1. The molecule has 0 spiro atoms. The lowest BCUT2D eigenvalue weighted by Crippen LogP contribution is -2.47. The van der Waals surface area contributed by atoms with Crippen molar-refractivity contribution in [2.75, 3.05) is 37.0 Å². The lowest BCUT2D eigenvalue weighted by molar-refractivity contribution is -0.117. The number of nitrogens with zero attached hydrogens (tertiary/aromatic N) is 2. The number of rotatable bonds is 7. The first kappa shape index (κ1) is 21.2. The molecule has 1 heterocycles. The van der Waals surface area contributed by atoms with Gasteiger partial charge in [0.25, 0.3) is 0 Å². The molecule has 7 nitrogen and oxygen atoms in total. The second-order valence-corrected chi connectivity index (χ2v) is 10.1. The van der Waals surface area contributed by atoms with E-state index in [2.05, 4.69) is 15.6 Å². The van der Waals surface area contributed by atoms with Crippen LogP contribution in [-0.4, -0.2) is 58.5 Å². The van der Waals surface area contributed by atoms with Gasteiger partial charge in [-0.3, -0.25) is 9.79 Å². The Labute approximate surface area is 162 Å². The zero-order chi connectivity index (χ0) is 20.1. The molecule has 1 atom stereocenters. The molecule has 8 heteroatoms. The summed E-state index contributed by atoms with van der Waals surface area (Å²) in [5.74, 6) is 0.870. The van der Waals surface area contributed by atoms with E-state index in [9.17, 15) is 13.2 Å². The number of carbonyl (C=O) groups excluding carboxylic acids is 1. The Balaban J connectivity index is 1.87. The van der Waals surface area contributed by atoms with Gasteiger partial charge >= 0.3 is 0 Å². The molecule has 150 valence electrons. The Bertz CT molecular complexity index is 775. The van der Waals surface area contributed by atoms with Crippen LogP contribution in [0.1, 0.15) is 26.7 Å². The van der Waals surface area contributed by atoms with Gasteiger partial charge in [-0.05, 0) is 24.0 Å². The largest absolute Gasteiger partial charge is 0.356 e. The van der Waals surface area contributed by atoms with Crippen molar-refractivity contribution in [1.29, 1.82) is 0 Å². The molecule has 0 aromatic heterocycles. The third-order valence-electron chi connectivity index (χ3n) is 4.64. The number of sulfone groups is 1. The van der Waals surface area contributed by atoms with Crippen molar-refractivity contribution in [3.63, 3.8) is 0 Å². The van der Waals surface area contributed by atoms with Crippen LogP contribution in [0.2, 0.25) is 0 Å². The minimum atomic E-state index is -2.98. The summed E-state index contributed by atoms with van der Waals surface area (Å²) in [7, 11) is -1.29. The second-order valence-electron chi connectivity index (χ2n) is 7.86. The Morgan fingerprint density at radius 3 is 2.56 bits per heavy atom. The Hall–Kier alpha value is -2.09. The third-order valence-corrected chi connectivity index (χ3v) is 5.59. The van der Waals surface area contributed by atoms with Gasteiger partial charge in [0.1, 0.15) is 9.84 Å². The van der Waals surface area contributed by atoms with Crippen molar-refractivity contribution >= 4 is 27.4 Å². The van der Waals surface area contributed by atoms with Gasteiger partial charge in [0.05, 0.1) is 11.8 Å². The summed E-state index contributed by atoms with van der Waals surface area (Å²) in [5.41, 5.74) is 0.707. The third kappa shape index (κ3) is 6.86. The van der Waals surface area contributed by atoms with E-state index >= 15 is 0 Å². The maximum absolute atomic E-state index is 12.3. The lowest BCUT2D eigenvalue weighted by atomic mass is 9.90. The van der Waals surface area contributed by atoms with Crippen molar-refractivity contribution in [1.82, 2.24) is 10.6 Å². The number of benzene rings is 1. The van der Waals surface area contributed by atoms with E-state index in [-0.39, 0.29) is 23.1 Å². The van der Waals surface area contributed by atoms with Crippen LogP contribution < -0.4 is 15.5 Å². The van der Waals surface area contributed by atoms with Gasteiger partial charge in [-0.2, -0.15) is 0 Å². The van der Waals surface area contributed by atoms with E-state index in [1.165, 1.54) is 6.26 Å². The van der Waals surface area contributed by atoms with E-state index in [4.69, 9.17) is 0 Å². The van der Waals surface area contributed by atoms with Crippen molar-refractivity contribution < 1.29 is 13.2 Å². The highest BCUT2D eigenvalue weighted by Crippen LogP contribution is 2.22. The molecule has 1 amide bonds. The highest BCUT2D eigenvalue weighted by atomic mass is 32.2. The SMILES string of the molecule is CN=C(NCC(C)(C)CCS(C)(=O)=O)NC1CC(=O)N(c2ccccc2)C1. The van der Waals surface area contributed by atoms with E-state index in [1.807, 2.05) is 44.2 Å². The zero-order valence-corrected chi connectivity index (χ0v) is 17.3. The maximum Gasteiger partial charge on any atom is 0.229 e. The van der Waals surface area contributed by atoms with Crippen LogP contribution in [0, 0.1) is 5.41 Å². The van der Waals surface area contributed by atoms with Gasteiger partial charge in [0, 0.05) is 38.5 Å². The molecule has 0 aliphatic carbocycles. The van der Waals surface area contributed by atoms with Crippen molar-refractivity contribution in [3.8, 4) is 0 Å². The maximum atomic E-state index is 12.3. The Morgan fingerprint density at radius 2 is 1.96 bits per heavy atom. The molecule has 2 N–H and O–H groups in total. The number of nitrogens with one attached hydrogen (secondary N) is 2. The molecule has 1 aromatic carbocycles. The minimum absolute atomic E-state index is 0.0250. The first-order valence-electron chi connectivity index (χ1n) is 9.10. The molecule has 1 aliphatic heterocycles. The number of carbonyl (C=O) groups is 1. The Morgan fingerprint density at radius 1 is 1.30 bits per heavy atom. The molecule has 1 saturated heterocycles. The summed E-state index contributed by atoms with van der Waals surface area (Å²) in [5, 5.41) is 6.56. The number of hydrogen-bond donors (Lipinski definition) is 2. The fourth-order valence-electron chi connectivity index (χ4n) is 2.92. The highest BCUT2D eigenvalue weighted by molar-refractivity contribution is 7.90. The second kappa shape index (κ2) is 8.73. The van der Waals surface area contributed by atoms with Gasteiger partial charge in [-0.15, -0.1) is 0 Å². The molecule has 27 heavy (non-hydrogen) atoms. The predicted molar refractivity (Wildman–Crippen MR) is 110 cm³/mol. The molecule has 1 unspecified atom stereocenters. The van der Waals surface area contributed by atoms with Gasteiger partial charge in [-0.25, -0.2) is 8.42 Å². The first-order chi connectivity index (χ1) is 12.6. The zero-order valence-electron chi connectivity index (χ0n) is 16.5. The number of anilines is 1. The highest BCUT2D eigenvalue weighted by Gasteiger charge is 2.31. The molecule has 0 saturated carbocycles. The van der Waals surface area contributed by atoms with Crippen molar-refractivity contribution in [2.24, 2.45) is 10.4 Å². The van der Waals surface area contributed by atoms with Crippen LogP contribution in [0.15, 0.2) is 35.3 Å². The van der Waals surface area contributed by atoms with E-state index < -0.39 is 9.84 Å². The smallest absolute Gasteiger partial charge is 0.229 e. The summed E-state index contributed by atoms with van der Waals surface area (Å²) in [6.07, 6.45) is 2.24. The minimum Gasteiger partial charge on any atom is -0.356 e. The monoisotopic (exact) mass is 394 g/mol. The average molecular weight is 395 g/mol. The van der Waals surface area contributed by atoms with Crippen molar-refractivity contribution in [2.45, 2.75) is 32.7 Å². The summed E-state index contributed by atoms with van der Waals surface area (Å²) in [6, 6.07) is 9.60. The number of para-hydroxylation sites is 1. The molecule has 2 rings (SSSR count). The molecule has 0 radical (unpaired) electrons. The normalized spacial score (nSPS) is 18.7. The molecular formula is C19H30N4O3S. The predicted octanol–water partition coefficient (Wildman–Crippen LogP) is 1.42. The standard InChI is InChI=1S/C19H30N4O3S/c1-19(2,10-11-27(4,25)26)14-21-18(20-3)22-15-12-17(24)23(13-15)16-8-6-5-7-9-16/h5-9,15H,10-14H2,1-4H3,(H2,20,21,22). The fraction of sp³-hybridized carbons (Fsp3) is 0.579. The topological polar surface area (TPSA) is 90.9 Å². The molecule has 1 fully saturated rings. The quantitative estimate of drug-likeness (QED) is 0.539. The van der Waals surface area contributed by atoms with Crippen LogP contribution in [-0.2, 0) is 14.6 Å². The van der Waals surface area contributed by atoms with Crippen molar-refractivity contribution in [3.05, 3.63) is 30.3 Å². The van der Waals surface area contributed by atoms with Crippen LogP contribution in [0.4, 0.5) is 5.69 Å². The van der Waals surface area contributed by atoms with Crippen LogP contribution in [0.3, 0.4) is 0 Å². The first-order valence-corrected chi connectivity index (χ1v) is 11.2. The Kier molecular flexibility index (Phi) is 6.86. The summed E-state index contributed by atoms with van der Waals surface area (Å²) >= 11 is 0. The average Bonchev–Trinajstić information content (AvgIpc) is 2.97.